The summed E-state index contributed by atoms with van der Waals surface area (Å²) in [5.74, 6) is -0.0749. The molecule has 0 spiro atoms. The molecule has 156 valence electrons. The molecule has 0 saturated carbocycles. The molecule has 0 bridgehead atoms. The van der Waals surface area contributed by atoms with Gasteiger partial charge in [-0.15, -0.1) is 0 Å². The molecule has 2 heterocycles. The van der Waals surface area contributed by atoms with E-state index in [1.54, 1.807) is 4.90 Å². The number of carbonyl (C=O) groups excluding carboxylic acids is 1. The van der Waals surface area contributed by atoms with Crippen molar-refractivity contribution >= 4 is 16.8 Å². The topological polar surface area (TPSA) is 62.4 Å². The first-order valence-electron chi connectivity index (χ1n) is 10.5. The second kappa shape index (κ2) is 8.44. The number of benzene rings is 2. The lowest BCUT2D eigenvalue weighted by Gasteiger charge is -2.26. The van der Waals surface area contributed by atoms with E-state index in [2.05, 4.69) is 17.1 Å². The highest BCUT2D eigenvalue weighted by Gasteiger charge is 2.24. The number of hydrogen-bond acceptors (Lipinski definition) is 3. The van der Waals surface area contributed by atoms with E-state index in [4.69, 9.17) is 4.74 Å². The molecule has 1 amide bonds. The fraction of sp³-hybridized carbons (Fsp3) is 0.360. The van der Waals surface area contributed by atoms with Crippen LogP contribution in [0.3, 0.4) is 0 Å². The summed E-state index contributed by atoms with van der Waals surface area (Å²) in [5.41, 5.74) is 5.15. The van der Waals surface area contributed by atoms with Crippen LogP contribution in [0.5, 0.6) is 0 Å². The molecule has 0 unspecified atom stereocenters. The van der Waals surface area contributed by atoms with Crippen LogP contribution in [0.4, 0.5) is 0 Å². The molecule has 1 fully saturated rings. The summed E-state index contributed by atoms with van der Waals surface area (Å²) >= 11 is 0. The molecule has 1 aliphatic rings. The SMILES string of the molecule is Cc1cccc(C(=O)N(Cc2cc3cc(C)cc(C)c3[nH]c2=O)C[C@@H]2CCCO2)c1. The Morgan fingerprint density at radius 3 is 2.70 bits per heavy atom. The minimum absolute atomic E-state index is 0.0165. The van der Waals surface area contributed by atoms with Crippen molar-refractivity contribution in [2.24, 2.45) is 0 Å². The normalized spacial score (nSPS) is 16.2. The quantitative estimate of drug-likeness (QED) is 0.691. The molecular formula is C25H28N2O3. The number of aromatic nitrogens is 1. The van der Waals surface area contributed by atoms with Crippen molar-refractivity contribution in [3.63, 3.8) is 0 Å². The highest BCUT2D eigenvalue weighted by Crippen LogP contribution is 2.21. The molecule has 3 aromatic rings. The molecule has 1 N–H and O–H groups in total. The molecule has 0 aliphatic carbocycles. The summed E-state index contributed by atoms with van der Waals surface area (Å²) in [6.07, 6.45) is 1.96. The standard InChI is InChI=1S/C25H28N2O3/c1-16-6-4-7-19(11-16)25(29)27(15-22-8-5-9-30-22)14-21-13-20-12-17(2)10-18(3)23(20)26-24(21)28/h4,6-7,10-13,22H,5,8-9,14-15H2,1-3H3,(H,26,28)/t22-/m0/s1. The third kappa shape index (κ3) is 4.31. The summed E-state index contributed by atoms with van der Waals surface area (Å²) in [7, 11) is 0. The van der Waals surface area contributed by atoms with Gasteiger partial charge >= 0.3 is 0 Å². The van der Waals surface area contributed by atoms with E-state index in [9.17, 15) is 9.59 Å². The van der Waals surface area contributed by atoms with Crippen molar-refractivity contribution in [2.75, 3.05) is 13.2 Å². The zero-order chi connectivity index (χ0) is 21.3. The number of rotatable bonds is 5. The van der Waals surface area contributed by atoms with Crippen LogP contribution in [-0.4, -0.2) is 35.0 Å². The number of nitrogens with zero attached hydrogens (tertiary/aromatic N) is 1. The van der Waals surface area contributed by atoms with Gasteiger partial charge in [0, 0.05) is 24.3 Å². The molecule has 2 aromatic carbocycles. The Hall–Kier alpha value is -2.92. The third-order valence-electron chi connectivity index (χ3n) is 5.73. The van der Waals surface area contributed by atoms with E-state index in [-0.39, 0.29) is 24.1 Å². The fourth-order valence-electron chi connectivity index (χ4n) is 4.27. The maximum Gasteiger partial charge on any atom is 0.254 e. The number of nitrogens with one attached hydrogen (secondary N) is 1. The Bertz CT molecular complexity index is 1140. The highest BCUT2D eigenvalue weighted by molar-refractivity contribution is 5.94. The van der Waals surface area contributed by atoms with Gasteiger partial charge in [0.2, 0.25) is 0 Å². The Morgan fingerprint density at radius 2 is 1.97 bits per heavy atom. The van der Waals surface area contributed by atoms with Crippen LogP contribution in [0, 0.1) is 20.8 Å². The number of pyridine rings is 1. The van der Waals surface area contributed by atoms with Crippen molar-refractivity contribution in [3.8, 4) is 0 Å². The highest BCUT2D eigenvalue weighted by atomic mass is 16.5. The average Bonchev–Trinajstić information content (AvgIpc) is 3.21. The number of carbonyl (C=O) groups is 1. The van der Waals surface area contributed by atoms with E-state index in [1.165, 1.54) is 0 Å². The molecule has 5 nitrogen and oxygen atoms in total. The molecule has 1 aromatic heterocycles. The summed E-state index contributed by atoms with van der Waals surface area (Å²) in [5, 5.41) is 0.988. The number of aryl methyl sites for hydroxylation is 3. The first-order chi connectivity index (χ1) is 14.4. The molecule has 1 atom stereocenters. The van der Waals surface area contributed by atoms with Crippen molar-refractivity contribution < 1.29 is 9.53 Å². The van der Waals surface area contributed by atoms with Gasteiger partial charge in [0.05, 0.1) is 18.2 Å². The average molecular weight is 405 g/mol. The van der Waals surface area contributed by atoms with Gasteiger partial charge in [0.15, 0.2) is 0 Å². The predicted octanol–water partition coefficient (Wildman–Crippen LogP) is 4.27. The minimum Gasteiger partial charge on any atom is -0.376 e. The Labute approximate surface area is 176 Å². The van der Waals surface area contributed by atoms with Crippen molar-refractivity contribution in [1.29, 1.82) is 0 Å². The number of hydrogen-bond donors (Lipinski definition) is 1. The molecule has 1 aliphatic heterocycles. The van der Waals surface area contributed by atoms with Crippen molar-refractivity contribution in [3.05, 3.63) is 80.6 Å². The monoisotopic (exact) mass is 404 g/mol. The maximum absolute atomic E-state index is 13.3. The van der Waals surface area contributed by atoms with Gasteiger partial charge < -0.3 is 14.6 Å². The Kier molecular flexibility index (Phi) is 5.73. The van der Waals surface area contributed by atoms with E-state index >= 15 is 0 Å². The lowest BCUT2D eigenvalue weighted by molar-refractivity contribution is 0.0506. The van der Waals surface area contributed by atoms with Gasteiger partial charge in [-0.1, -0.05) is 29.3 Å². The maximum atomic E-state index is 13.3. The zero-order valence-corrected chi connectivity index (χ0v) is 17.8. The number of aromatic amines is 1. The van der Waals surface area contributed by atoms with Gasteiger partial charge in [-0.25, -0.2) is 0 Å². The smallest absolute Gasteiger partial charge is 0.254 e. The van der Waals surface area contributed by atoms with Crippen molar-refractivity contribution in [2.45, 2.75) is 46.3 Å². The van der Waals surface area contributed by atoms with Gasteiger partial charge in [0.25, 0.3) is 11.5 Å². The lowest BCUT2D eigenvalue weighted by atomic mass is 10.0. The number of H-pyrrole nitrogens is 1. The first-order valence-corrected chi connectivity index (χ1v) is 10.5. The number of amides is 1. The second-order valence-corrected chi connectivity index (χ2v) is 8.36. The van der Waals surface area contributed by atoms with Gasteiger partial charge in [-0.3, -0.25) is 9.59 Å². The van der Waals surface area contributed by atoms with Crippen LogP contribution in [-0.2, 0) is 11.3 Å². The summed E-state index contributed by atoms with van der Waals surface area (Å²) in [6, 6.07) is 13.6. The lowest BCUT2D eigenvalue weighted by Crippen LogP contribution is -2.38. The number of fused-ring (bicyclic) bond motifs is 1. The van der Waals surface area contributed by atoms with Crippen LogP contribution in [0.2, 0.25) is 0 Å². The van der Waals surface area contributed by atoms with Gasteiger partial charge in [-0.2, -0.15) is 0 Å². The molecule has 30 heavy (non-hydrogen) atoms. The van der Waals surface area contributed by atoms with E-state index in [0.29, 0.717) is 17.7 Å². The van der Waals surface area contributed by atoms with Crippen LogP contribution in [0.1, 0.15) is 45.5 Å². The minimum atomic E-state index is -0.149. The Balaban J connectivity index is 1.69. The summed E-state index contributed by atoms with van der Waals surface area (Å²) in [4.78, 5) is 30.9. The summed E-state index contributed by atoms with van der Waals surface area (Å²) in [6.45, 7) is 7.48. The molecule has 0 radical (unpaired) electrons. The fourth-order valence-corrected chi connectivity index (χ4v) is 4.27. The van der Waals surface area contributed by atoms with Crippen molar-refractivity contribution in [1.82, 2.24) is 9.88 Å². The van der Waals surface area contributed by atoms with Crippen LogP contribution in [0.25, 0.3) is 10.9 Å². The predicted molar refractivity (Wildman–Crippen MR) is 119 cm³/mol. The van der Waals surface area contributed by atoms with Crippen LogP contribution < -0.4 is 5.56 Å². The number of ether oxygens (including phenoxy) is 1. The first kappa shape index (κ1) is 20.4. The second-order valence-electron chi connectivity index (χ2n) is 8.36. The third-order valence-corrected chi connectivity index (χ3v) is 5.73. The van der Waals surface area contributed by atoms with E-state index in [0.717, 1.165) is 47.0 Å². The van der Waals surface area contributed by atoms with Crippen LogP contribution >= 0.6 is 0 Å². The Morgan fingerprint density at radius 1 is 1.13 bits per heavy atom. The molecular weight excluding hydrogens is 376 g/mol. The summed E-state index contributed by atoms with van der Waals surface area (Å²) < 4.78 is 5.78. The molecule has 5 heteroatoms. The van der Waals surface area contributed by atoms with Crippen LogP contribution in [0.15, 0.2) is 47.3 Å². The van der Waals surface area contributed by atoms with Gasteiger partial charge in [-0.05, 0) is 68.8 Å². The zero-order valence-electron chi connectivity index (χ0n) is 17.8. The van der Waals surface area contributed by atoms with E-state index in [1.807, 2.05) is 51.1 Å². The van der Waals surface area contributed by atoms with E-state index < -0.39 is 0 Å². The molecule has 4 rings (SSSR count). The largest absolute Gasteiger partial charge is 0.376 e. The molecule has 1 saturated heterocycles. The van der Waals surface area contributed by atoms with Gasteiger partial charge in [0.1, 0.15) is 0 Å².